The van der Waals surface area contributed by atoms with Crippen LogP contribution < -0.4 is 15.5 Å². The number of benzene rings is 1. The van der Waals surface area contributed by atoms with Crippen LogP contribution in [0.1, 0.15) is 94.6 Å². The fraction of sp³-hybridized carbons (Fsp3) is 0.556. The number of unbranched alkanes of at least 4 members (excludes halogenated alkanes) is 1. The molecule has 0 aliphatic carbocycles. The van der Waals surface area contributed by atoms with Crippen molar-refractivity contribution in [1.29, 1.82) is 0 Å². The molecular weight excluding hydrogens is 997 g/mol. The first-order valence-corrected chi connectivity index (χ1v) is 27.7. The van der Waals surface area contributed by atoms with Crippen molar-refractivity contribution in [3.63, 3.8) is 0 Å². The number of hydrogen-bond acceptors (Lipinski definition) is 17. The van der Waals surface area contributed by atoms with E-state index in [1.165, 1.54) is 17.8 Å². The monoisotopic (exact) mass is 1070 g/mol. The molecular formula is C54H70N10O11S. The Morgan fingerprint density at radius 3 is 2.17 bits per heavy atom. The standard InChI is InChI=1S/C54H70N10O11S/c65-47(13-9-40-6-4-19-55-37-40)56-20-2-1-5-39-15-21-63(22-16-39)53(70)43-10-12-46(59-58-43)61-23-17-41(18-24-61)60-25-27-62(28-26-60)49(67)38-75-34-33-73-30-29-72-31-32-74-35-36-76-45-8-3-7-42-50(45)54(71)64(52(42)69)44-11-14-48(66)57-51(44)68/h3-4,6-10,12-13,19,37,39,41,44H,1-2,5,11,14-18,20-36,38H2,(H,56,65)(H,57,66,68)/b13-9+. The lowest BCUT2D eigenvalue weighted by Crippen LogP contribution is -2.55. The van der Waals surface area contributed by atoms with Crippen LogP contribution in [-0.2, 0) is 38.1 Å². The minimum Gasteiger partial charge on any atom is -0.378 e. The van der Waals surface area contributed by atoms with Gasteiger partial charge in [-0.25, -0.2) is 0 Å². The molecule has 0 radical (unpaired) electrons. The van der Waals surface area contributed by atoms with E-state index in [1.54, 1.807) is 42.7 Å². The van der Waals surface area contributed by atoms with Crippen LogP contribution in [0, 0.1) is 5.92 Å². The molecule has 21 nitrogen and oxygen atoms in total. The Balaban J connectivity index is 0.600. The molecule has 7 heterocycles. The molecule has 0 saturated carbocycles. The lowest BCUT2D eigenvalue weighted by Gasteiger charge is -2.43. The van der Waals surface area contributed by atoms with Gasteiger partial charge in [-0.15, -0.1) is 22.0 Å². The molecule has 1 aromatic carbocycles. The van der Waals surface area contributed by atoms with Gasteiger partial charge in [0.25, 0.3) is 17.7 Å². The van der Waals surface area contributed by atoms with Gasteiger partial charge in [0.05, 0.1) is 57.4 Å². The molecule has 76 heavy (non-hydrogen) atoms. The van der Waals surface area contributed by atoms with Gasteiger partial charge in [0, 0.05) is 100 Å². The summed E-state index contributed by atoms with van der Waals surface area (Å²) in [6, 6.07) is 11.9. The third kappa shape index (κ3) is 15.7. The predicted octanol–water partition coefficient (Wildman–Crippen LogP) is 3.10. The van der Waals surface area contributed by atoms with Gasteiger partial charge in [-0.05, 0) is 86.4 Å². The zero-order valence-electron chi connectivity index (χ0n) is 43.2. The van der Waals surface area contributed by atoms with E-state index >= 15 is 0 Å². The molecule has 2 aromatic heterocycles. The van der Waals surface area contributed by atoms with Crippen LogP contribution in [0.3, 0.4) is 0 Å². The molecule has 1 unspecified atom stereocenters. The number of anilines is 1. The van der Waals surface area contributed by atoms with E-state index in [9.17, 15) is 33.6 Å². The number of nitrogens with one attached hydrogen (secondary N) is 2. The molecule has 4 fully saturated rings. The number of likely N-dealkylation sites (tertiary alicyclic amines) is 1. The molecule has 3 aromatic rings. The number of thioether (sulfide) groups is 1. The molecule has 4 saturated heterocycles. The fourth-order valence-electron chi connectivity index (χ4n) is 10.2. The number of fused-ring (bicyclic) bond motifs is 1. The highest BCUT2D eigenvalue weighted by Gasteiger charge is 2.45. The van der Waals surface area contributed by atoms with Crippen molar-refractivity contribution in [2.24, 2.45) is 5.92 Å². The van der Waals surface area contributed by atoms with E-state index < -0.39 is 29.7 Å². The van der Waals surface area contributed by atoms with Crippen molar-refractivity contribution in [3.05, 3.63) is 83.3 Å². The van der Waals surface area contributed by atoms with Gasteiger partial charge in [0.2, 0.25) is 23.6 Å². The molecule has 0 bridgehead atoms. The van der Waals surface area contributed by atoms with Crippen LogP contribution in [0.15, 0.2) is 65.8 Å². The average molecular weight is 1070 g/mol. The topological polar surface area (TPSA) is 235 Å². The summed E-state index contributed by atoms with van der Waals surface area (Å²) < 4.78 is 22.5. The fourth-order valence-corrected chi connectivity index (χ4v) is 11.1. The van der Waals surface area contributed by atoms with Crippen LogP contribution in [0.5, 0.6) is 0 Å². The molecule has 408 valence electrons. The first kappa shape index (κ1) is 56.0. The maximum absolute atomic E-state index is 13.3. The average Bonchev–Trinajstić information content (AvgIpc) is 3.75. The van der Waals surface area contributed by atoms with Gasteiger partial charge in [-0.1, -0.05) is 25.0 Å². The van der Waals surface area contributed by atoms with E-state index in [0.717, 1.165) is 87.4 Å². The van der Waals surface area contributed by atoms with E-state index in [4.69, 9.17) is 18.9 Å². The summed E-state index contributed by atoms with van der Waals surface area (Å²) >= 11 is 1.39. The zero-order chi connectivity index (χ0) is 53.1. The first-order valence-electron chi connectivity index (χ1n) is 26.7. The SMILES string of the molecule is O=C(/C=C/c1cccnc1)NCCCCC1CCN(C(=O)c2ccc(N3CCC(N4CCN(C(=O)COCCOCCOCCOCCSc5cccc6c5C(=O)N(C5CCC(=O)NC5=O)C6=O)CC4)CC3)nn2)CC1. The summed E-state index contributed by atoms with van der Waals surface area (Å²) in [6.45, 7) is 9.25. The number of piperidine rings is 3. The number of piperazine rings is 1. The van der Waals surface area contributed by atoms with Crippen LogP contribution in [-0.4, -0.2) is 206 Å². The minimum atomic E-state index is -1.01. The Morgan fingerprint density at radius 1 is 0.737 bits per heavy atom. The number of amides is 7. The van der Waals surface area contributed by atoms with Gasteiger partial charge < -0.3 is 39.0 Å². The van der Waals surface area contributed by atoms with E-state index in [2.05, 4.69) is 35.6 Å². The first-order chi connectivity index (χ1) is 37.1. The second kappa shape index (κ2) is 28.8. The smallest absolute Gasteiger partial charge is 0.274 e. The molecule has 8 rings (SSSR count). The Kier molecular flexibility index (Phi) is 21.3. The molecule has 5 aliphatic rings. The summed E-state index contributed by atoms with van der Waals surface area (Å²) in [7, 11) is 0. The van der Waals surface area contributed by atoms with E-state index in [-0.39, 0.29) is 48.3 Å². The summed E-state index contributed by atoms with van der Waals surface area (Å²) in [5.74, 6) is -0.422. The maximum Gasteiger partial charge on any atom is 0.274 e. The Hall–Kier alpha value is -6.17. The largest absolute Gasteiger partial charge is 0.378 e. The van der Waals surface area contributed by atoms with E-state index in [1.807, 2.05) is 28.0 Å². The van der Waals surface area contributed by atoms with Gasteiger partial charge >= 0.3 is 0 Å². The van der Waals surface area contributed by atoms with Crippen LogP contribution in [0.25, 0.3) is 6.08 Å². The van der Waals surface area contributed by atoms with Crippen molar-refractivity contribution < 1.29 is 52.5 Å². The van der Waals surface area contributed by atoms with Crippen LogP contribution in [0.2, 0.25) is 0 Å². The zero-order valence-corrected chi connectivity index (χ0v) is 44.0. The lowest BCUT2D eigenvalue weighted by molar-refractivity contribution is -0.139. The second-order valence-corrected chi connectivity index (χ2v) is 20.6. The number of carbonyl (C=O) groups excluding carboxylic acids is 7. The third-order valence-corrected chi connectivity index (χ3v) is 15.5. The van der Waals surface area contributed by atoms with Crippen LogP contribution in [0.4, 0.5) is 5.82 Å². The highest BCUT2D eigenvalue weighted by atomic mass is 32.2. The second-order valence-electron chi connectivity index (χ2n) is 19.4. The minimum absolute atomic E-state index is 0.0118. The van der Waals surface area contributed by atoms with Gasteiger partial charge in [-0.3, -0.25) is 53.7 Å². The number of pyridine rings is 1. The number of nitrogens with zero attached hydrogens (tertiary/aromatic N) is 8. The van der Waals surface area contributed by atoms with Crippen molar-refractivity contribution in [1.82, 2.24) is 45.4 Å². The molecule has 2 N–H and O–H groups in total. The summed E-state index contributed by atoms with van der Waals surface area (Å²) in [6.07, 6.45) is 13.8. The quantitative estimate of drug-likeness (QED) is 0.0509. The summed E-state index contributed by atoms with van der Waals surface area (Å²) in [5.41, 5.74) is 1.79. The van der Waals surface area contributed by atoms with Crippen molar-refractivity contribution in [3.8, 4) is 0 Å². The predicted molar refractivity (Wildman–Crippen MR) is 281 cm³/mol. The highest BCUT2D eigenvalue weighted by molar-refractivity contribution is 7.99. The summed E-state index contributed by atoms with van der Waals surface area (Å²) in [4.78, 5) is 103. The summed E-state index contributed by atoms with van der Waals surface area (Å²) in [5, 5.41) is 14.0. The maximum atomic E-state index is 13.3. The number of aromatic nitrogens is 3. The lowest BCUT2D eigenvalue weighted by atomic mass is 9.91. The Labute approximate surface area is 447 Å². The van der Waals surface area contributed by atoms with Gasteiger partial charge in [-0.2, -0.15) is 0 Å². The van der Waals surface area contributed by atoms with Crippen LogP contribution >= 0.6 is 11.8 Å². The molecule has 1 atom stereocenters. The highest BCUT2D eigenvalue weighted by Crippen LogP contribution is 2.34. The normalized spacial score (nSPS) is 18.9. The molecule has 22 heteroatoms. The van der Waals surface area contributed by atoms with E-state index in [0.29, 0.717) is 107 Å². The molecule has 0 spiro atoms. The van der Waals surface area contributed by atoms with Gasteiger partial charge in [0.1, 0.15) is 12.6 Å². The third-order valence-electron chi connectivity index (χ3n) is 14.4. The number of carbonyl (C=O) groups is 7. The van der Waals surface area contributed by atoms with Crippen molar-refractivity contribution in [2.45, 2.75) is 74.8 Å². The number of hydrogen-bond donors (Lipinski definition) is 2. The van der Waals surface area contributed by atoms with Gasteiger partial charge in [0.15, 0.2) is 11.5 Å². The number of imide groups is 2. The molecule has 5 aliphatic heterocycles. The molecule has 7 amide bonds. The Bertz CT molecular complexity index is 2480. The number of ether oxygens (including phenoxy) is 4. The Morgan fingerprint density at radius 2 is 1.47 bits per heavy atom. The number of rotatable bonds is 26. The van der Waals surface area contributed by atoms with Crippen molar-refractivity contribution in [2.75, 3.05) is 122 Å². The van der Waals surface area contributed by atoms with Crippen molar-refractivity contribution >= 4 is 65.0 Å².